The van der Waals surface area contributed by atoms with Crippen molar-refractivity contribution in [2.75, 3.05) is 39.9 Å². The molecule has 2 heterocycles. The summed E-state index contributed by atoms with van der Waals surface area (Å²) in [7, 11) is 1.59. The molecule has 10 nitrogen and oxygen atoms in total. The molecule has 2 aliphatic rings. The third-order valence-corrected chi connectivity index (χ3v) is 8.39. The second-order valence-electron chi connectivity index (χ2n) is 11.2. The van der Waals surface area contributed by atoms with Crippen molar-refractivity contribution in [1.29, 1.82) is 0 Å². The van der Waals surface area contributed by atoms with Gasteiger partial charge in [-0.25, -0.2) is 0 Å². The Morgan fingerprint density at radius 3 is 2.42 bits per heavy atom. The van der Waals surface area contributed by atoms with Crippen molar-refractivity contribution in [1.82, 2.24) is 20.3 Å². The Morgan fingerprint density at radius 2 is 1.80 bits per heavy atom. The first-order chi connectivity index (χ1) is 19.3. The smallest absolute Gasteiger partial charge is 0.276 e. The van der Waals surface area contributed by atoms with E-state index in [4.69, 9.17) is 15.0 Å². The molecule has 1 saturated carbocycles. The van der Waals surface area contributed by atoms with Crippen molar-refractivity contribution in [2.24, 2.45) is 17.6 Å². The molecule has 1 unspecified atom stereocenters. The molecular weight excluding hydrogens is 510 g/mol. The van der Waals surface area contributed by atoms with E-state index in [2.05, 4.69) is 10.5 Å². The molecule has 40 heavy (non-hydrogen) atoms. The minimum atomic E-state index is -0.704. The number of nitrogens with zero attached hydrogens (tertiary/aromatic N) is 3. The van der Waals surface area contributed by atoms with Gasteiger partial charge >= 0.3 is 0 Å². The lowest BCUT2D eigenvalue weighted by Crippen LogP contribution is -2.58. The number of aryl methyl sites for hydroxylation is 2. The lowest BCUT2D eigenvalue weighted by molar-refractivity contribution is -0.127. The van der Waals surface area contributed by atoms with E-state index in [9.17, 15) is 14.4 Å². The topological polar surface area (TPSA) is 131 Å². The van der Waals surface area contributed by atoms with Gasteiger partial charge in [0.15, 0.2) is 5.69 Å². The zero-order valence-electron chi connectivity index (χ0n) is 23.9. The Labute approximate surface area is 236 Å². The normalized spacial score (nSPS) is 23.1. The zero-order chi connectivity index (χ0) is 28.6. The van der Waals surface area contributed by atoms with Gasteiger partial charge in [0.25, 0.3) is 11.8 Å². The fraction of sp³-hybridized carbons (Fsp3) is 0.600. The lowest BCUT2D eigenvalue weighted by atomic mass is 9.82. The number of rotatable bonds is 10. The van der Waals surface area contributed by atoms with E-state index >= 15 is 0 Å². The molecule has 3 amide bonds. The fourth-order valence-electron chi connectivity index (χ4n) is 5.87. The molecule has 2 atom stereocenters. The number of likely N-dealkylation sites (tertiary alicyclic amines) is 1. The molecule has 1 aromatic carbocycles. The van der Waals surface area contributed by atoms with E-state index in [1.165, 1.54) is 0 Å². The van der Waals surface area contributed by atoms with Gasteiger partial charge < -0.3 is 30.1 Å². The van der Waals surface area contributed by atoms with Gasteiger partial charge in [-0.1, -0.05) is 22.9 Å². The Hall–Kier alpha value is -3.24. The molecule has 3 N–H and O–H groups in total. The molecular formula is C30H43N5O5. The molecule has 218 valence electrons. The van der Waals surface area contributed by atoms with Crippen molar-refractivity contribution in [3.05, 3.63) is 52.9 Å². The van der Waals surface area contributed by atoms with Crippen LogP contribution in [0.4, 0.5) is 0 Å². The highest BCUT2D eigenvalue weighted by atomic mass is 16.5. The Bertz CT molecular complexity index is 1140. The fourth-order valence-corrected chi connectivity index (χ4v) is 5.87. The van der Waals surface area contributed by atoms with Crippen LogP contribution in [0.5, 0.6) is 0 Å². The summed E-state index contributed by atoms with van der Waals surface area (Å²) >= 11 is 0. The van der Waals surface area contributed by atoms with Crippen LogP contribution in [0.1, 0.15) is 70.7 Å². The summed E-state index contributed by atoms with van der Waals surface area (Å²) in [5.41, 5.74) is 7.67. The first kappa shape index (κ1) is 29.7. The maximum atomic E-state index is 13.7. The second-order valence-corrected chi connectivity index (χ2v) is 11.2. The van der Waals surface area contributed by atoms with Crippen LogP contribution >= 0.6 is 0 Å². The number of hydrogen-bond acceptors (Lipinski definition) is 7. The number of hydrogen-bond donors (Lipinski definition) is 2. The summed E-state index contributed by atoms with van der Waals surface area (Å²) in [4.78, 5) is 44.2. The van der Waals surface area contributed by atoms with Gasteiger partial charge in [0.05, 0.1) is 6.61 Å². The van der Waals surface area contributed by atoms with Crippen molar-refractivity contribution in [3.8, 4) is 0 Å². The summed E-state index contributed by atoms with van der Waals surface area (Å²) in [6.07, 6.45) is 5.11. The lowest BCUT2D eigenvalue weighted by Gasteiger charge is -2.42. The summed E-state index contributed by atoms with van der Waals surface area (Å²) in [6.45, 7) is 6.04. The third-order valence-electron chi connectivity index (χ3n) is 8.39. The van der Waals surface area contributed by atoms with Crippen LogP contribution in [-0.2, 0) is 9.53 Å². The summed E-state index contributed by atoms with van der Waals surface area (Å²) < 4.78 is 10.4. The molecule has 2 aromatic rings. The van der Waals surface area contributed by atoms with Gasteiger partial charge in [0.2, 0.25) is 5.91 Å². The first-order valence-corrected chi connectivity index (χ1v) is 14.4. The number of nitrogens with two attached hydrogens (primary N) is 1. The van der Waals surface area contributed by atoms with Crippen LogP contribution in [0.15, 0.2) is 34.9 Å². The number of benzene rings is 1. The van der Waals surface area contributed by atoms with Crippen molar-refractivity contribution >= 4 is 17.7 Å². The minimum Gasteiger partial charge on any atom is -0.383 e. The van der Waals surface area contributed by atoms with Crippen LogP contribution in [-0.4, -0.2) is 84.7 Å². The van der Waals surface area contributed by atoms with Gasteiger partial charge in [-0.2, -0.15) is 0 Å². The van der Waals surface area contributed by atoms with E-state index < -0.39 is 6.04 Å². The van der Waals surface area contributed by atoms with E-state index in [0.717, 1.165) is 31.2 Å². The number of methoxy groups -OCH3 is 1. The summed E-state index contributed by atoms with van der Waals surface area (Å²) in [5, 5.41) is 7.07. The number of piperidine rings is 1. The van der Waals surface area contributed by atoms with Crippen LogP contribution < -0.4 is 11.1 Å². The number of aromatic nitrogens is 1. The quantitative estimate of drug-likeness (QED) is 0.463. The van der Waals surface area contributed by atoms with E-state index in [-0.39, 0.29) is 29.5 Å². The number of nitrogens with one attached hydrogen (secondary N) is 1. The number of ether oxygens (including phenoxy) is 1. The van der Waals surface area contributed by atoms with E-state index in [0.29, 0.717) is 68.8 Å². The Morgan fingerprint density at radius 1 is 1.10 bits per heavy atom. The monoisotopic (exact) mass is 553 g/mol. The second kappa shape index (κ2) is 13.9. The maximum Gasteiger partial charge on any atom is 0.276 e. The molecule has 0 spiro atoms. The van der Waals surface area contributed by atoms with Gasteiger partial charge in [-0.15, -0.1) is 0 Å². The predicted molar refractivity (Wildman–Crippen MR) is 151 cm³/mol. The van der Waals surface area contributed by atoms with Crippen LogP contribution in [0.2, 0.25) is 0 Å². The minimum absolute atomic E-state index is 0.177. The predicted octanol–water partition coefficient (Wildman–Crippen LogP) is 2.93. The summed E-state index contributed by atoms with van der Waals surface area (Å²) in [6, 6.07) is 8.05. The van der Waals surface area contributed by atoms with Crippen LogP contribution in [0.25, 0.3) is 0 Å². The van der Waals surface area contributed by atoms with Crippen LogP contribution in [0, 0.1) is 25.7 Å². The average Bonchev–Trinajstić information content (AvgIpc) is 3.42. The highest BCUT2D eigenvalue weighted by Crippen LogP contribution is 2.29. The standard InChI is InChI=1S/C30H43N5O5/c1-20-4-10-24(11-5-20)29(37)35-13-12-25(34(14-15-39-3)30(38)26-16-21(2)40-33-26)17-27(35)28(36)32-19-23-8-6-22(18-31)7-9-23/h4-5,10-11,16,22-23,25,27H,6-9,12-15,17-19,31H2,1-3H3,(H,32,36)/t22?,23?,25?,27-/m1/s1. The highest BCUT2D eigenvalue weighted by Gasteiger charge is 2.40. The van der Waals surface area contributed by atoms with Crippen molar-refractivity contribution in [2.45, 2.75) is 64.5 Å². The number of amides is 3. The Kier molecular flexibility index (Phi) is 10.3. The first-order valence-electron chi connectivity index (χ1n) is 14.4. The molecule has 1 aliphatic carbocycles. The van der Waals surface area contributed by atoms with Gasteiger partial charge in [-0.3, -0.25) is 14.4 Å². The molecule has 0 bridgehead atoms. The average molecular weight is 554 g/mol. The SMILES string of the molecule is COCCN(C(=O)c1cc(C)on1)C1CCN(C(=O)c2ccc(C)cc2)[C@@H](C(=O)NCC2CCC(CN)CC2)C1. The maximum absolute atomic E-state index is 13.7. The van der Waals surface area contributed by atoms with Crippen molar-refractivity contribution < 1.29 is 23.6 Å². The van der Waals surface area contributed by atoms with Crippen molar-refractivity contribution in [3.63, 3.8) is 0 Å². The third kappa shape index (κ3) is 7.28. The van der Waals surface area contributed by atoms with E-state index in [1.54, 1.807) is 42.0 Å². The molecule has 2 fully saturated rings. The zero-order valence-corrected chi connectivity index (χ0v) is 23.9. The largest absolute Gasteiger partial charge is 0.383 e. The summed E-state index contributed by atoms with van der Waals surface area (Å²) in [5.74, 6) is 0.895. The van der Waals surface area contributed by atoms with Crippen LogP contribution in [0.3, 0.4) is 0 Å². The molecule has 0 radical (unpaired) electrons. The number of carbonyl (C=O) groups excluding carboxylic acids is 3. The van der Waals surface area contributed by atoms with Gasteiger partial charge in [0.1, 0.15) is 11.8 Å². The molecule has 4 rings (SSSR count). The van der Waals surface area contributed by atoms with Gasteiger partial charge in [0, 0.05) is 44.4 Å². The Balaban J connectivity index is 1.52. The highest BCUT2D eigenvalue weighted by molar-refractivity contribution is 5.98. The number of carbonyl (C=O) groups is 3. The molecule has 10 heteroatoms. The van der Waals surface area contributed by atoms with E-state index in [1.807, 2.05) is 19.1 Å². The van der Waals surface area contributed by atoms with Gasteiger partial charge in [-0.05, 0) is 82.9 Å². The molecule has 1 aromatic heterocycles. The molecule has 1 saturated heterocycles. The molecule has 1 aliphatic heterocycles.